The molecule has 0 radical (unpaired) electrons. The van der Waals surface area contributed by atoms with Crippen molar-refractivity contribution in [2.24, 2.45) is 0 Å². The summed E-state index contributed by atoms with van der Waals surface area (Å²) in [7, 11) is 0. The molecule has 10 heteroatoms. The predicted octanol–water partition coefficient (Wildman–Crippen LogP) is 0.0418. The minimum atomic E-state index is -1.13. The Morgan fingerprint density at radius 2 is 1.20 bits per heavy atom. The Morgan fingerprint density at radius 1 is 0.760 bits per heavy atom. The van der Waals surface area contributed by atoms with Gasteiger partial charge in [-0.2, -0.15) is 12.6 Å². The van der Waals surface area contributed by atoms with Crippen molar-refractivity contribution in [3.05, 3.63) is 0 Å². The molecule has 1 heterocycles. The van der Waals surface area contributed by atoms with Gasteiger partial charge < -0.3 is 23.7 Å². The molecule has 0 bridgehead atoms. The number of thiol groups is 1. The van der Waals surface area contributed by atoms with Crippen LogP contribution in [0.25, 0.3) is 0 Å². The molecular formula is C15H22O9S. The minimum Gasteiger partial charge on any atom is -0.463 e. The Hall–Kier alpha value is -1.81. The highest BCUT2D eigenvalue weighted by molar-refractivity contribution is 7.80. The molecule has 25 heavy (non-hydrogen) atoms. The molecule has 0 aromatic rings. The lowest BCUT2D eigenvalue weighted by atomic mass is 9.95. The summed E-state index contributed by atoms with van der Waals surface area (Å²) in [4.78, 5) is 45.4. The van der Waals surface area contributed by atoms with Gasteiger partial charge in [0.25, 0.3) is 0 Å². The highest BCUT2D eigenvalue weighted by atomic mass is 32.1. The van der Waals surface area contributed by atoms with E-state index in [1.54, 1.807) is 0 Å². The molecule has 1 rings (SSSR count). The highest BCUT2D eigenvalue weighted by Crippen LogP contribution is 2.29. The van der Waals surface area contributed by atoms with E-state index in [0.29, 0.717) is 0 Å². The number of esters is 4. The SMILES string of the molecule is CC(=O)OC[C@H]1O[C@@H](CS)[C@H](OC(C)=O)[C@@H](OC(C)=O)[C@H]1OC(C)=O. The molecule has 1 saturated heterocycles. The Kier molecular flexibility index (Phi) is 8.17. The normalized spacial score (nSPS) is 28.6. The first-order valence-electron chi connectivity index (χ1n) is 7.57. The zero-order valence-electron chi connectivity index (χ0n) is 14.4. The van der Waals surface area contributed by atoms with Gasteiger partial charge in [-0.25, -0.2) is 0 Å². The summed E-state index contributed by atoms with van der Waals surface area (Å²) < 4.78 is 26.3. The van der Waals surface area contributed by atoms with Crippen molar-refractivity contribution in [1.29, 1.82) is 0 Å². The van der Waals surface area contributed by atoms with Gasteiger partial charge in [0.05, 0.1) is 0 Å². The fourth-order valence-corrected chi connectivity index (χ4v) is 2.76. The van der Waals surface area contributed by atoms with E-state index in [1.165, 1.54) is 27.7 Å². The summed E-state index contributed by atoms with van der Waals surface area (Å²) in [5.74, 6) is -2.38. The molecule has 0 unspecified atom stereocenters. The zero-order valence-corrected chi connectivity index (χ0v) is 15.3. The van der Waals surface area contributed by atoms with Crippen LogP contribution in [-0.4, -0.2) is 66.8 Å². The number of ether oxygens (including phenoxy) is 5. The van der Waals surface area contributed by atoms with E-state index in [9.17, 15) is 19.2 Å². The maximum absolute atomic E-state index is 11.5. The van der Waals surface area contributed by atoms with E-state index >= 15 is 0 Å². The van der Waals surface area contributed by atoms with Crippen LogP contribution in [0.2, 0.25) is 0 Å². The lowest BCUT2D eigenvalue weighted by molar-refractivity contribution is -0.248. The fourth-order valence-electron chi connectivity index (χ4n) is 2.46. The van der Waals surface area contributed by atoms with E-state index in [1.807, 2.05) is 0 Å². The van der Waals surface area contributed by atoms with Crippen molar-refractivity contribution in [2.75, 3.05) is 12.4 Å². The molecule has 0 aromatic heterocycles. The summed E-state index contributed by atoms with van der Waals surface area (Å²) in [6, 6.07) is 0. The van der Waals surface area contributed by atoms with E-state index < -0.39 is 54.4 Å². The van der Waals surface area contributed by atoms with Crippen LogP contribution in [0, 0.1) is 0 Å². The molecule has 0 aromatic carbocycles. The Labute approximate surface area is 150 Å². The molecule has 0 amide bonds. The van der Waals surface area contributed by atoms with Gasteiger partial charge in [-0.1, -0.05) is 0 Å². The van der Waals surface area contributed by atoms with Crippen LogP contribution >= 0.6 is 12.6 Å². The Bertz CT molecular complexity index is 521. The van der Waals surface area contributed by atoms with Crippen LogP contribution in [-0.2, 0) is 42.9 Å². The lowest BCUT2D eigenvalue weighted by Gasteiger charge is -2.44. The predicted molar refractivity (Wildman–Crippen MR) is 85.8 cm³/mol. The molecule has 0 saturated carbocycles. The van der Waals surface area contributed by atoms with E-state index in [4.69, 9.17) is 23.7 Å². The number of carbonyl (C=O) groups is 4. The summed E-state index contributed by atoms with van der Waals surface area (Å²) >= 11 is 4.15. The topological polar surface area (TPSA) is 114 Å². The van der Waals surface area contributed by atoms with E-state index in [2.05, 4.69) is 12.6 Å². The molecule has 1 fully saturated rings. The minimum absolute atomic E-state index is 0.124. The molecule has 0 aliphatic carbocycles. The molecule has 1 aliphatic rings. The average molecular weight is 378 g/mol. The summed E-state index contributed by atoms with van der Waals surface area (Å²) in [6.07, 6.45) is -4.96. The van der Waals surface area contributed by atoms with Crippen molar-refractivity contribution < 1.29 is 42.9 Å². The first-order chi connectivity index (χ1) is 11.6. The van der Waals surface area contributed by atoms with Crippen molar-refractivity contribution in [3.63, 3.8) is 0 Å². The van der Waals surface area contributed by atoms with Crippen molar-refractivity contribution >= 4 is 36.5 Å². The van der Waals surface area contributed by atoms with Crippen LogP contribution in [0.3, 0.4) is 0 Å². The van der Waals surface area contributed by atoms with Crippen LogP contribution in [0.15, 0.2) is 0 Å². The maximum atomic E-state index is 11.5. The van der Waals surface area contributed by atoms with Crippen LogP contribution in [0.5, 0.6) is 0 Å². The molecule has 0 N–H and O–H groups in total. The zero-order chi connectivity index (χ0) is 19.1. The van der Waals surface area contributed by atoms with Crippen LogP contribution in [0.1, 0.15) is 27.7 Å². The van der Waals surface area contributed by atoms with Crippen molar-refractivity contribution in [2.45, 2.75) is 58.2 Å². The quantitative estimate of drug-likeness (QED) is 0.389. The summed E-state index contributed by atoms with van der Waals surface area (Å²) in [5, 5.41) is 0. The van der Waals surface area contributed by atoms with E-state index in [-0.39, 0.29) is 12.4 Å². The van der Waals surface area contributed by atoms with Gasteiger partial charge in [-0.15, -0.1) is 0 Å². The molecular weight excluding hydrogens is 356 g/mol. The molecule has 5 atom stereocenters. The fraction of sp³-hybridized carbons (Fsp3) is 0.733. The van der Waals surface area contributed by atoms with Gasteiger partial charge in [0.2, 0.25) is 0 Å². The van der Waals surface area contributed by atoms with Gasteiger partial charge in [-0.3, -0.25) is 19.2 Å². The van der Waals surface area contributed by atoms with Gasteiger partial charge in [0.15, 0.2) is 18.3 Å². The molecule has 1 aliphatic heterocycles. The van der Waals surface area contributed by atoms with Crippen molar-refractivity contribution in [1.82, 2.24) is 0 Å². The average Bonchev–Trinajstić information content (AvgIpc) is 2.48. The third kappa shape index (κ3) is 6.54. The molecule has 142 valence electrons. The Morgan fingerprint density at radius 3 is 1.60 bits per heavy atom. The van der Waals surface area contributed by atoms with Crippen LogP contribution in [0.4, 0.5) is 0 Å². The van der Waals surface area contributed by atoms with Crippen LogP contribution < -0.4 is 0 Å². The lowest BCUT2D eigenvalue weighted by Crippen LogP contribution is -2.62. The third-order valence-electron chi connectivity index (χ3n) is 3.27. The van der Waals surface area contributed by atoms with Crippen molar-refractivity contribution in [3.8, 4) is 0 Å². The number of hydrogen-bond donors (Lipinski definition) is 1. The highest BCUT2D eigenvalue weighted by Gasteiger charge is 2.51. The van der Waals surface area contributed by atoms with Gasteiger partial charge in [-0.05, 0) is 0 Å². The first-order valence-corrected chi connectivity index (χ1v) is 8.20. The standard InChI is InChI=1S/C15H22O9S/c1-7(16)20-5-11-13(21-8(2)17)15(23-10(4)19)14(22-9(3)18)12(6-25)24-11/h11-15,25H,5-6H2,1-4H3/t11-,12+,13+,14+,15+/m1/s1. The Balaban J connectivity index is 3.18. The second kappa shape index (κ2) is 9.62. The second-order valence-electron chi connectivity index (χ2n) is 5.42. The molecule has 0 spiro atoms. The van der Waals surface area contributed by atoms with Gasteiger partial charge in [0.1, 0.15) is 18.8 Å². The number of carbonyl (C=O) groups excluding carboxylic acids is 4. The number of hydrogen-bond acceptors (Lipinski definition) is 10. The second-order valence-corrected chi connectivity index (χ2v) is 5.79. The summed E-state index contributed by atoms with van der Waals surface area (Å²) in [6.45, 7) is 4.50. The molecule has 9 nitrogen and oxygen atoms in total. The van der Waals surface area contributed by atoms with Gasteiger partial charge >= 0.3 is 23.9 Å². The largest absolute Gasteiger partial charge is 0.463 e. The van der Waals surface area contributed by atoms with Gasteiger partial charge in [0, 0.05) is 33.4 Å². The smallest absolute Gasteiger partial charge is 0.303 e. The van der Waals surface area contributed by atoms with E-state index in [0.717, 1.165) is 0 Å². The monoisotopic (exact) mass is 378 g/mol. The first kappa shape index (κ1) is 21.2. The third-order valence-corrected chi connectivity index (χ3v) is 3.63. The summed E-state index contributed by atoms with van der Waals surface area (Å²) in [5.41, 5.74) is 0. The number of rotatable bonds is 6. The maximum Gasteiger partial charge on any atom is 0.303 e.